The number of esters is 1. The molecule has 0 aromatic heterocycles. The Kier molecular flexibility index (Phi) is 6.34. The van der Waals surface area contributed by atoms with E-state index >= 15 is 0 Å². The first-order valence-electron chi connectivity index (χ1n) is 5.51. The molecule has 0 aliphatic heterocycles. The quantitative estimate of drug-likeness (QED) is 0.319. The molecule has 0 N–H and O–H groups in total. The van der Waals surface area contributed by atoms with Gasteiger partial charge in [-0.3, -0.25) is 4.79 Å². The molecule has 0 aliphatic carbocycles. The molecule has 0 aromatic rings. The summed E-state index contributed by atoms with van der Waals surface area (Å²) < 4.78 is 5.02. The number of rotatable bonds is 4. The molecular formula is C12H22O2Si. The van der Waals surface area contributed by atoms with Gasteiger partial charge in [0.2, 0.25) is 0 Å². The fourth-order valence-corrected chi connectivity index (χ4v) is 1.63. The lowest BCUT2D eigenvalue weighted by Gasteiger charge is -2.06. The average Bonchev–Trinajstić information content (AvgIpc) is 1.99. The molecule has 0 radical (unpaired) electrons. The Morgan fingerprint density at radius 1 is 1.33 bits per heavy atom. The van der Waals surface area contributed by atoms with Crippen LogP contribution >= 0.6 is 0 Å². The number of unbranched alkanes of at least 4 members (excludes halogenated alkanes) is 1. The topological polar surface area (TPSA) is 26.3 Å². The van der Waals surface area contributed by atoms with E-state index in [4.69, 9.17) is 4.74 Å². The Morgan fingerprint density at radius 3 is 2.40 bits per heavy atom. The molecule has 0 unspecified atom stereocenters. The van der Waals surface area contributed by atoms with Crippen LogP contribution < -0.4 is 0 Å². The van der Waals surface area contributed by atoms with Crippen molar-refractivity contribution in [3.05, 3.63) is 0 Å². The minimum absolute atomic E-state index is 0.00873. The highest BCUT2D eigenvalue weighted by molar-refractivity contribution is 6.83. The number of carbonyl (C=O) groups is 1. The Morgan fingerprint density at radius 2 is 1.93 bits per heavy atom. The van der Waals surface area contributed by atoms with Crippen LogP contribution in [-0.2, 0) is 9.53 Å². The number of hydrogen-bond acceptors (Lipinski definition) is 2. The summed E-state index contributed by atoms with van der Waals surface area (Å²) in [4.78, 5) is 11.2. The second-order valence-corrected chi connectivity index (χ2v) is 9.69. The molecule has 0 fully saturated rings. The van der Waals surface area contributed by atoms with Gasteiger partial charge < -0.3 is 4.74 Å². The summed E-state index contributed by atoms with van der Waals surface area (Å²) in [5.74, 6) is 3.03. The van der Waals surface area contributed by atoms with E-state index in [9.17, 15) is 4.79 Å². The number of hydrogen-bond donors (Lipinski definition) is 0. The van der Waals surface area contributed by atoms with Gasteiger partial charge in [-0.2, -0.15) is 0 Å². The molecule has 0 bridgehead atoms. The zero-order valence-electron chi connectivity index (χ0n) is 10.5. The van der Waals surface area contributed by atoms with Gasteiger partial charge in [0.25, 0.3) is 0 Å². The highest BCUT2D eigenvalue weighted by Crippen LogP contribution is 2.01. The van der Waals surface area contributed by atoms with Crippen LogP contribution in [-0.4, -0.2) is 20.1 Å². The van der Waals surface area contributed by atoms with Crippen molar-refractivity contribution in [1.29, 1.82) is 0 Å². The van der Waals surface area contributed by atoms with Crippen LogP contribution in [0, 0.1) is 11.5 Å². The van der Waals surface area contributed by atoms with Crippen molar-refractivity contribution in [2.45, 2.75) is 58.9 Å². The smallest absolute Gasteiger partial charge is 0.306 e. The van der Waals surface area contributed by atoms with E-state index in [-0.39, 0.29) is 12.1 Å². The highest BCUT2D eigenvalue weighted by Gasteiger charge is 2.07. The van der Waals surface area contributed by atoms with Gasteiger partial charge in [-0.15, -0.1) is 11.5 Å². The third-order valence-electron chi connectivity index (χ3n) is 1.51. The molecular weight excluding hydrogens is 204 g/mol. The molecule has 0 aromatic carbocycles. The monoisotopic (exact) mass is 226 g/mol. The summed E-state index contributed by atoms with van der Waals surface area (Å²) in [5.41, 5.74) is 3.27. The summed E-state index contributed by atoms with van der Waals surface area (Å²) in [6.07, 6.45) is 2.09. The van der Waals surface area contributed by atoms with E-state index in [0.717, 1.165) is 12.8 Å². The van der Waals surface area contributed by atoms with Crippen LogP contribution in [0.3, 0.4) is 0 Å². The molecule has 0 saturated heterocycles. The molecule has 0 atom stereocenters. The molecule has 0 heterocycles. The summed E-state index contributed by atoms with van der Waals surface area (Å²) in [6.45, 7) is 10.4. The van der Waals surface area contributed by atoms with Gasteiger partial charge in [-0.25, -0.2) is 0 Å². The average molecular weight is 226 g/mol. The molecule has 2 nitrogen and oxygen atoms in total. The maximum Gasteiger partial charge on any atom is 0.306 e. The maximum atomic E-state index is 11.2. The number of ether oxygens (including phenoxy) is 1. The first-order valence-corrected chi connectivity index (χ1v) is 9.01. The molecule has 0 saturated carbocycles. The van der Waals surface area contributed by atoms with Gasteiger partial charge in [0, 0.05) is 12.8 Å². The molecule has 15 heavy (non-hydrogen) atoms. The van der Waals surface area contributed by atoms with Crippen LogP contribution in [0.2, 0.25) is 19.6 Å². The summed E-state index contributed by atoms with van der Waals surface area (Å²) in [6, 6.07) is 0. The van der Waals surface area contributed by atoms with E-state index in [1.54, 1.807) is 0 Å². The van der Waals surface area contributed by atoms with Crippen LogP contribution in [0.15, 0.2) is 0 Å². The molecule has 3 heteroatoms. The van der Waals surface area contributed by atoms with Gasteiger partial charge in [0.15, 0.2) is 0 Å². The lowest BCUT2D eigenvalue weighted by atomic mass is 10.2. The SMILES string of the molecule is CC(C)OC(=O)CCCC#C[Si](C)(C)C. The van der Waals surface area contributed by atoms with Crippen molar-refractivity contribution in [3.63, 3.8) is 0 Å². The van der Waals surface area contributed by atoms with E-state index in [0.29, 0.717) is 6.42 Å². The summed E-state index contributed by atoms with van der Waals surface area (Å²) >= 11 is 0. The van der Waals surface area contributed by atoms with E-state index in [2.05, 4.69) is 31.1 Å². The van der Waals surface area contributed by atoms with Gasteiger partial charge in [-0.05, 0) is 20.3 Å². The number of carbonyl (C=O) groups excluding carboxylic acids is 1. The highest BCUT2D eigenvalue weighted by atomic mass is 28.3. The maximum absolute atomic E-state index is 11.2. The molecule has 0 rings (SSSR count). The third kappa shape index (κ3) is 11.2. The molecule has 0 aliphatic rings. The molecule has 86 valence electrons. The third-order valence-corrected chi connectivity index (χ3v) is 2.44. The Labute approximate surface area is 94.4 Å². The first kappa shape index (κ1) is 14.2. The van der Waals surface area contributed by atoms with Crippen molar-refractivity contribution >= 4 is 14.0 Å². The normalized spacial score (nSPS) is 10.8. The largest absolute Gasteiger partial charge is 0.463 e. The lowest BCUT2D eigenvalue weighted by molar-refractivity contribution is -0.147. The van der Waals surface area contributed by atoms with E-state index in [1.165, 1.54) is 0 Å². The van der Waals surface area contributed by atoms with Crippen LogP contribution in [0.4, 0.5) is 0 Å². The summed E-state index contributed by atoms with van der Waals surface area (Å²) in [5, 5.41) is 0. The summed E-state index contributed by atoms with van der Waals surface area (Å²) in [7, 11) is -1.24. The van der Waals surface area contributed by atoms with Crippen molar-refractivity contribution in [2.24, 2.45) is 0 Å². The van der Waals surface area contributed by atoms with Gasteiger partial charge in [-0.1, -0.05) is 19.6 Å². The predicted octanol–water partition coefficient (Wildman–Crippen LogP) is 2.99. The minimum Gasteiger partial charge on any atom is -0.463 e. The van der Waals surface area contributed by atoms with Crippen LogP contribution in [0.1, 0.15) is 33.1 Å². The van der Waals surface area contributed by atoms with Crippen molar-refractivity contribution in [3.8, 4) is 11.5 Å². The van der Waals surface area contributed by atoms with Crippen molar-refractivity contribution in [1.82, 2.24) is 0 Å². The second-order valence-electron chi connectivity index (χ2n) is 4.94. The zero-order valence-corrected chi connectivity index (χ0v) is 11.5. The predicted molar refractivity (Wildman–Crippen MR) is 66.2 cm³/mol. The lowest BCUT2D eigenvalue weighted by Crippen LogP contribution is -2.16. The fourth-order valence-electron chi connectivity index (χ4n) is 0.971. The van der Waals surface area contributed by atoms with Gasteiger partial charge in [0.1, 0.15) is 8.07 Å². The standard InChI is InChI=1S/C12H22O2Si/c1-11(2)14-12(13)9-7-6-8-10-15(3,4)5/h11H,6-7,9H2,1-5H3. The van der Waals surface area contributed by atoms with Crippen LogP contribution in [0.5, 0.6) is 0 Å². The van der Waals surface area contributed by atoms with E-state index < -0.39 is 8.07 Å². The Balaban J connectivity index is 3.62. The minimum atomic E-state index is -1.24. The Hall–Kier alpha value is -0.753. The zero-order chi connectivity index (χ0) is 11.9. The van der Waals surface area contributed by atoms with Gasteiger partial charge >= 0.3 is 5.97 Å². The van der Waals surface area contributed by atoms with Crippen molar-refractivity contribution < 1.29 is 9.53 Å². The molecule has 0 amide bonds. The molecule has 0 spiro atoms. The fraction of sp³-hybridized carbons (Fsp3) is 0.750. The van der Waals surface area contributed by atoms with Crippen molar-refractivity contribution in [2.75, 3.05) is 0 Å². The second kappa shape index (κ2) is 6.68. The van der Waals surface area contributed by atoms with Crippen LogP contribution in [0.25, 0.3) is 0 Å². The Bertz CT molecular complexity index is 253. The van der Waals surface area contributed by atoms with E-state index in [1.807, 2.05) is 13.8 Å². The first-order chi connectivity index (χ1) is 6.81. The van der Waals surface area contributed by atoms with Gasteiger partial charge in [0.05, 0.1) is 6.10 Å².